The molecular weight excluding hydrogens is 328 g/mol. The number of benzene rings is 1. The fourth-order valence-electron chi connectivity index (χ4n) is 2.88. The number of furan rings is 1. The third kappa shape index (κ3) is 2.34. The lowest BCUT2D eigenvalue weighted by molar-refractivity contribution is -0.131. The molecule has 8 heteroatoms. The maximum atomic E-state index is 12.7. The minimum atomic E-state index is -1.32. The Morgan fingerprint density at radius 2 is 2.04 bits per heavy atom. The highest BCUT2D eigenvalue weighted by Crippen LogP contribution is 2.33. The summed E-state index contributed by atoms with van der Waals surface area (Å²) in [6, 6.07) is 7.31. The van der Waals surface area contributed by atoms with Crippen LogP contribution in [0.5, 0.6) is 11.5 Å². The van der Waals surface area contributed by atoms with Gasteiger partial charge in [-0.1, -0.05) is 0 Å². The van der Waals surface area contributed by atoms with Crippen molar-refractivity contribution in [1.82, 2.24) is 10.2 Å². The molecule has 0 saturated carbocycles. The number of imide groups is 1. The van der Waals surface area contributed by atoms with Crippen LogP contribution in [0.25, 0.3) is 0 Å². The minimum absolute atomic E-state index is 0.0987. The molecule has 0 bridgehead atoms. The summed E-state index contributed by atoms with van der Waals surface area (Å²) < 4.78 is 15.7. The topological polar surface area (TPSA) is 98.1 Å². The molecule has 3 amide bonds. The van der Waals surface area contributed by atoms with Gasteiger partial charge in [0.1, 0.15) is 5.76 Å². The Morgan fingerprint density at radius 3 is 2.80 bits per heavy atom. The van der Waals surface area contributed by atoms with E-state index in [0.717, 1.165) is 4.90 Å². The van der Waals surface area contributed by atoms with Gasteiger partial charge in [-0.05, 0) is 37.3 Å². The van der Waals surface area contributed by atoms with E-state index in [2.05, 4.69) is 5.32 Å². The SMILES string of the molecule is C[C@@]1(c2ccco2)NC(=O)N(CC(=O)c2ccc3c(c2)OCO3)C1=O. The van der Waals surface area contributed by atoms with E-state index in [4.69, 9.17) is 13.9 Å². The monoisotopic (exact) mass is 342 g/mol. The van der Waals surface area contributed by atoms with Crippen molar-refractivity contribution in [2.45, 2.75) is 12.5 Å². The molecule has 25 heavy (non-hydrogen) atoms. The maximum Gasteiger partial charge on any atom is 0.325 e. The highest BCUT2D eigenvalue weighted by molar-refractivity contribution is 6.11. The van der Waals surface area contributed by atoms with Gasteiger partial charge >= 0.3 is 6.03 Å². The van der Waals surface area contributed by atoms with Crippen LogP contribution in [0.15, 0.2) is 41.0 Å². The van der Waals surface area contributed by atoms with E-state index in [1.54, 1.807) is 24.3 Å². The van der Waals surface area contributed by atoms with Crippen molar-refractivity contribution in [1.29, 1.82) is 0 Å². The number of nitrogens with zero attached hydrogens (tertiary/aromatic N) is 1. The first-order chi connectivity index (χ1) is 12.0. The van der Waals surface area contributed by atoms with Crippen LogP contribution in [-0.4, -0.2) is 36.0 Å². The Labute approximate surface area is 142 Å². The molecule has 1 atom stereocenters. The predicted molar refractivity (Wildman–Crippen MR) is 83.2 cm³/mol. The lowest BCUT2D eigenvalue weighted by atomic mass is 9.99. The second-order valence-corrected chi connectivity index (χ2v) is 5.91. The summed E-state index contributed by atoms with van der Waals surface area (Å²) in [7, 11) is 0. The van der Waals surface area contributed by atoms with Gasteiger partial charge in [0.25, 0.3) is 5.91 Å². The van der Waals surface area contributed by atoms with Crippen LogP contribution >= 0.6 is 0 Å². The molecule has 0 spiro atoms. The number of carbonyl (C=O) groups is 3. The van der Waals surface area contributed by atoms with Crippen molar-refractivity contribution in [2.24, 2.45) is 0 Å². The number of urea groups is 1. The summed E-state index contributed by atoms with van der Waals surface area (Å²) in [5, 5.41) is 2.58. The van der Waals surface area contributed by atoms with Crippen LogP contribution in [0, 0.1) is 0 Å². The third-order valence-corrected chi connectivity index (χ3v) is 4.29. The van der Waals surface area contributed by atoms with Gasteiger partial charge < -0.3 is 19.2 Å². The highest BCUT2D eigenvalue weighted by atomic mass is 16.7. The van der Waals surface area contributed by atoms with Crippen molar-refractivity contribution in [3.63, 3.8) is 0 Å². The molecule has 1 aromatic heterocycles. The predicted octanol–water partition coefficient (Wildman–Crippen LogP) is 1.66. The number of ether oxygens (including phenoxy) is 2. The Balaban J connectivity index is 1.55. The van der Waals surface area contributed by atoms with Gasteiger partial charge in [0.2, 0.25) is 6.79 Å². The van der Waals surface area contributed by atoms with Gasteiger partial charge in [-0.15, -0.1) is 0 Å². The molecule has 0 radical (unpaired) electrons. The first-order valence-corrected chi connectivity index (χ1v) is 7.60. The van der Waals surface area contributed by atoms with E-state index in [1.807, 2.05) is 0 Å². The molecule has 2 aromatic rings. The molecule has 1 aromatic carbocycles. The summed E-state index contributed by atoms with van der Waals surface area (Å²) >= 11 is 0. The number of hydrogen-bond donors (Lipinski definition) is 1. The van der Waals surface area contributed by atoms with E-state index in [0.29, 0.717) is 22.8 Å². The molecule has 128 valence electrons. The van der Waals surface area contributed by atoms with Crippen LogP contribution < -0.4 is 14.8 Å². The summed E-state index contributed by atoms with van der Waals surface area (Å²) in [6.45, 7) is 1.26. The fraction of sp³-hybridized carbons (Fsp3) is 0.235. The smallest absolute Gasteiger partial charge is 0.325 e. The number of carbonyl (C=O) groups excluding carboxylic acids is 3. The quantitative estimate of drug-likeness (QED) is 0.670. The molecule has 3 heterocycles. The second-order valence-electron chi connectivity index (χ2n) is 5.91. The Morgan fingerprint density at radius 1 is 1.24 bits per heavy atom. The molecule has 8 nitrogen and oxygen atoms in total. The molecule has 4 rings (SSSR count). The average molecular weight is 342 g/mol. The number of amides is 3. The zero-order chi connectivity index (χ0) is 17.6. The lowest BCUT2D eigenvalue weighted by Crippen LogP contribution is -2.41. The molecule has 0 unspecified atom stereocenters. The van der Waals surface area contributed by atoms with Gasteiger partial charge in [-0.2, -0.15) is 0 Å². The van der Waals surface area contributed by atoms with Crippen molar-refractivity contribution in [3.8, 4) is 11.5 Å². The molecule has 0 aliphatic carbocycles. The van der Waals surface area contributed by atoms with Crippen molar-refractivity contribution < 1.29 is 28.3 Å². The molecule has 1 fully saturated rings. The average Bonchev–Trinajstić information content (AvgIpc) is 3.31. The first kappa shape index (κ1) is 15.3. The Hall–Kier alpha value is -3.29. The van der Waals surface area contributed by atoms with Crippen LogP contribution in [0.4, 0.5) is 4.79 Å². The van der Waals surface area contributed by atoms with Gasteiger partial charge in [-0.25, -0.2) is 4.79 Å². The van der Waals surface area contributed by atoms with E-state index in [9.17, 15) is 14.4 Å². The highest BCUT2D eigenvalue weighted by Gasteiger charge is 2.51. The van der Waals surface area contributed by atoms with Gasteiger partial charge in [0.15, 0.2) is 22.8 Å². The standard InChI is InChI=1S/C17H14N2O6/c1-17(14-3-2-6-23-14)15(21)19(16(22)18-17)8-11(20)10-4-5-12-13(7-10)25-9-24-12/h2-7H,8-9H2,1H3,(H,18,22)/t17-/m0/s1. The number of rotatable bonds is 4. The molecule has 1 N–H and O–H groups in total. The van der Waals surface area contributed by atoms with E-state index >= 15 is 0 Å². The number of fused-ring (bicyclic) bond motifs is 1. The van der Waals surface area contributed by atoms with Crippen LogP contribution in [-0.2, 0) is 10.3 Å². The van der Waals surface area contributed by atoms with Crippen molar-refractivity contribution >= 4 is 17.7 Å². The molecule has 2 aliphatic rings. The van der Waals surface area contributed by atoms with Crippen LogP contribution in [0.2, 0.25) is 0 Å². The van der Waals surface area contributed by atoms with Crippen molar-refractivity contribution in [3.05, 3.63) is 47.9 Å². The zero-order valence-corrected chi connectivity index (χ0v) is 13.3. The Bertz CT molecular complexity index is 875. The lowest BCUT2D eigenvalue weighted by Gasteiger charge is -2.18. The summed E-state index contributed by atoms with van der Waals surface area (Å²) in [5.74, 6) is 0.399. The van der Waals surface area contributed by atoms with Gasteiger partial charge in [0.05, 0.1) is 12.8 Å². The van der Waals surface area contributed by atoms with E-state index in [1.165, 1.54) is 19.3 Å². The molecule has 1 saturated heterocycles. The van der Waals surface area contributed by atoms with Crippen LogP contribution in [0.1, 0.15) is 23.0 Å². The minimum Gasteiger partial charge on any atom is -0.466 e. The van der Waals surface area contributed by atoms with Gasteiger partial charge in [0, 0.05) is 5.56 Å². The van der Waals surface area contributed by atoms with Crippen LogP contribution in [0.3, 0.4) is 0 Å². The fourth-order valence-corrected chi connectivity index (χ4v) is 2.88. The van der Waals surface area contributed by atoms with E-state index < -0.39 is 17.5 Å². The number of nitrogens with one attached hydrogen (secondary N) is 1. The number of ketones is 1. The number of Topliss-reactive ketones (excluding diaryl/α,β-unsaturated/α-hetero) is 1. The first-order valence-electron chi connectivity index (χ1n) is 7.60. The zero-order valence-electron chi connectivity index (χ0n) is 13.3. The Kier molecular flexibility index (Phi) is 3.28. The van der Waals surface area contributed by atoms with Gasteiger partial charge in [-0.3, -0.25) is 14.5 Å². The second kappa shape index (κ2) is 5.37. The maximum absolute atomic E-state index is 12.7. The van der Waals surface area contributed by atoms with E-state index in [-0.39, 0.29) is 19.1 Å². The molecule has 2 aliphatic heterocycles. The third-order valence-electron chi connectivity index (χ3n) is 4.29. The summed E-state index contributed by atoms with van der Waals surface area (Å²) in [5.41, 5.74) is -0.994. The summed E-state index contributed by atoms with van der Waals surface area (Å²) in [4.78, 5) is 38.3. The normalized spacial score (nSPS) is 21.6. The van der Waals surface area contributed by atoms with Crippen molar-refractivity contribution in [2.75, 3.05) is 13.3 Å². The molecular formula is C17H14N2O6. The largest absolute Gasteiger partial charge is 0.466 e. The summed E-state index contributed by atoms with van der Waals surface area (Å²) in [6.07, 6.45) is 1.42. The number of hydrogen-bond acceptors (Lipinski definition) is 6.